The monoisotopic (exact) mass is 353 g/mol. The predicted octanol–water partition coefficient (Wildman–Crippen LogP) is 2.23. The van der Waals surface area contributed by atoms with Crippen LogP contribution >= 0.6 is 0 Å². The maximum atomic E-state index is 12.1. The highest BCUT2D eigenvalue weighted by Gasteiger charge is 2.37. The number of alkyl carbamates (subject to hydrolysis) is 1. The number of piperidine rings is 2. The Bertz CT molecular complexity index is 438. The second-order valence-electron chi connectivity index (χ2n) is 8.72. The quantitative estimate of drug-likeness (QED) is 0.843. The fraction of sp³-hybridized carbons (Fsp3) is 0.947. The summed E-state index contributed by atoms with van der Waals surface area (Å²) in [6, 6.07) is 1.05. The predicted molar refractivity (Wildman–Crippen MR) is 97.8 cm³/mol. The summed E-state index contributed by atoms with van der Waals surface area (Å²) in [5.41, 5.74) is -0.466. The Kier molecular flexibility index (Phi) is 6.23. The van der Waals surface area contributed by atoms with E-state index < -0.39 is 5.60 Å². The number of amides is 1. The second-order valence-corrected chi connectivity index (χ2v) is 8.72. The molecule has 2 atom stereocenters. The normalized spacial score (nSPS) is 30.4. The zero-order chi connectivity index (χ0) is 17.9. The van der Waals surface area contributed by atoms with Crippen molar-refractivity contribution in [1.82, 2.24) is 15.1 Å². The number of nitrogens with zero attached hydrogens (tertiary/aromatic N) is 2. The van der Waals surface area contributed by atoms with Crippen molar-refractivity contribution in [1.29, 1.82) is 0 Å². The Hall–Kier alpha value is -0.850. The molecule has 144 valence electrons. The number of carbonyl (C=O) groups is 1. The molecule has 6 nitrogen and oxygen atoms in total. The highest BCUT2D eigenvalue weighted by molar-refractivity contribution is 5.68. The van der Waals surface area contributed by atoms with Crippen LogP contribution in [0, 0.1) is 0 Å². The molecule has 3 saturated heterocycles. The zero-order valence-electron chi connectivity index (χ0n) is 16.1. The summed E-state index contributed by atoms with van der Waals surface area (Å²) in [6.07, 6.45) is 6.24. The summed E-state index contributed by atoms with van der Waals surface area (Å²) in [5, 5.41) is 3.02. The lowest BCUT2D eigenvalue weighted by atomic mass is 9.98. The van der Waals surface area contributed by atoms with Gasteiger partial charge in [0.25, 0.3) is 0 Å². The number of nitrogens with one attached hydrogen (secondary N) is 1. The Morgan fingerprint density at radius 3 is 2.32 bits per heavy atom. The van der Waals surface area contributed by atoms with E-state index in [1.165, 1.54) is 45.2 Å². The smallest absolute Gasteiger partial charge is 0.408 e. The average molecular weight is 354 g/mol. The number of likely N-dealkylation sites (tertiary alicyclic amines) is 2. The molecule has 0 saturated carbocycles. The van der Waals surface area contributed by atoms with E-state index >= 15 is 0 Å². The lowest BCUT2D eigenvalue weighted by molar-refractivity contribution is 0.0435. The molecule has 1 amide bonds. The molecule has 3 rings (SSSR count). The number of rotatable bonds is 3. The molecular weight excluding hydrogens is 318 g/mol. The van der Waals surface area contributed by atoms with Crippen LogP contribution in [0.25, 0.3) is 0 Å². The summed E-state index contributed by atoms with van der Waals surface area (Å²) in [6.45, 7) is 11.7. The first-order valence-electron chi connectivity index (χ1n) is 9.98. The first-order chi connectivity index (χ1) is 11.9. The maximum absolute atomic E-state index is 12.1. The third-order valence-electron chi connectivity index (χ3n) is 5.63. The highest BCUT2D eigenvalue weighted by atomic mass is 16.6. The number of carbonyl (C=O) groups excluding carboxylic acids is 1. The van der Waals surface area contributed by atoms with Crippen molar-refractivity contribution in [2.45, 2.75) is 76.6 Å². The van der Waals surface area contributed by atoms with Crippen LogP contribution in [-0.2, 0) is 9.47 Å². The van der Waals surface area contributed by atoms with E-state index in [-0.39, 0.29) is 18.2 Å². The molecule has 25 heavy (non-hydrogen) atoms. The van der Waals surface area contributed by atoms with Crippen molar-refractivity contribution < 1.29 is 14.3 Å². The fourth-order valence-corrected chi connectivity index (χ4v) is 4.37. The van der Waals surface area contributed by atoms with Gasteiger partial charge in [-0.05, 0) is 59.5 Å². The van der Waals surface area contributed by atoms with Crippen LogP contribution in [-0.4, -0.2) is 79.0 Å². The summed E-state index contributed by atoms with van der Waals surface area (Å²) in [5.74, 6) is 0. The molecule has 1 N–H and O–H groups in total. The van der Waals surface area contributed by atoms with Gasteiger partial charge in [0.15, 0.2) is 0 Å². The molecule has 3 fully saturated rings. The summed E-state index contributed by atoms with van der Waals surface area (Å²) in [4.78, 5) is 17.3. The van der Waals surface area contributed by atoms with E-state index in [1.54, 1.807) is 0 Å². The van der Waals surface area contributed by atoms with Crippen LogP contribution in [0.15, 0.2) is 0 Å². The third-order valence-corrected chi connectivity index (χ3v) is 5.63. The van der Waals surface area contributed by atoms with Gasteiger partial charge in [-0.3, -0.25) is 4.90 Å². The van der Waals surface area contributed by atoms with Crippen molar-refractivity contribution in [3.63, 3.8) is 0 Å². The maximum Gasteiger partial charge on any atom is 0.408 e. The minimum Gasteiger partial charge on any atom is -0.444 e. The SMILES string of the molecule is CC(C)(C)OC(=O)N[C@H]1COCC1N1CCC(N2CCCCC2)CC1. The Morgan fingerprint density at radius 2 is 1.68 bits per heavy atom. The molecule has 1 unspecified atom stereocenters. The molecule has 0 aromatic carbocycles. The van der Waals surface area contributed by atoms with Gasteiger partial charge in [0, 0.05) is 19.1 Å². The largest absolute Gasteiger partial charge is 0.444 e. The summed E-state index contributed by atoms with van der Waals surface area (Å²) >= 11 is 0. The first-order valence-corrected chi connectivity index (χ1v) is 9.98. The van der Waals surface area contributed by atoms with Crippen LogP contribution in [0.4, 0.5) is 4.79 Å². The van der Waals surface area contributed by atoms with Gasteiger partial charge in [-0.2, -0.15) is 0 Å². The van der Waals surface area contributed by atoms with Gasteiger partial charge in [-0.1, -0.05) is 6.42 Å². The fourth-order valence-electron chi connectivity index (χ4n) is 4.37. The molecule has 3 aliphatic rings. The van der Waals surface area contributed by atoms with Crippen LogP contribution in [0.2, 0.25) is 0 Å². The molecular formula is C19H35N3O3. The Balaban J connectivity index is 1.47. The topological polar surface area (TPSA) is 54.0 Å². The minimum atomic E-state index is -0.466. The zero-order valence-corrected chi connectivity index (χ0v) is 16.1. The number of hydrogen-bond donors (Lipinski definition) is 1. The molecule has 0 aromatic rings. The Morgan fingerprint density at radius 1 is 1.00 bits per heavy atom. The van der Waals surface area contributed by atoms with E-state index in [2.05, 4.69) is 15.1 Å². The standard InChI is InChI=1S/C19H35N3O3/c1-19(2,3)25-18(23)20-16-13-24-14-17(16)22-11-7-15(8-12-22)21-9-5-4-6-10-21/h15-17H,4-14H2,1-3H3,(H,20,23)/t16-,17?/m0/s1. The van der Waals surface area contributed by atoms with Crippen molar-refractivity contribution in [2.24, 2.45) is 0 Å². The third kappa shape index (κ3) is 5.31. The van der Waals surface area contributed by atoms with Crippen molar-refractivity contribution >= 4 is 6.09 Å². The van der Waals surface area contributed by atoms with E-state index in [1.807, 2.05) is 20.8 Å². The van der Waals surface area contributed by atoms with Crippen LogP contribution in [0.5, 0.6) is 0 Å². The van der Waals surface area contributed by atoms with E-state index in [0.29, 0.717) is 13.2 Å². The van der Waals surface area contributed by atoms with Crippen molar-refractivity contribution in [3.05, 3.63) is 0 Å². The first kappa shape index (κ1) is 18.9. The molecule has 6 heteroatoms. The number of ether oxygens (including phenoxy) is 2. The number of hydrogen-bond acceptors (Lipinski definition) is 5. The molecule has 0 aromatic heterocycles. The van der Waals surface area contributed by atoms with Crippen LogP contribution in [0.3, 0.4) is 0 Å². The van der Waals surface area contributed by atoms with E-state index in [9.17, 15) is 4.79 Å². The van der Waals surface area contributed by atoms with Gasteiger partial charge in [0.2, 0.25) is 0 Å². The minimum absolute atomic E-state index is 0.0291. The van der Waals surface area contributed by atoms with E-state index in [4.69, 9.17) is 9.47 Å². The molecule has 0 spiro atoms. The lowest BCUT2D eigenvalue weighted by Gasteiger charge is -2.42. The van der Waals surface area contributed by atoms with E-state index in [0.717, 1.165) is 19.1 Å². The van der Waals surface area contributed by atoms with Gasteiger partial charge in [0.1, 0.15) is 5.60 Å². The van der Waals surface area contributed by atoms with Gasteiger partial charge in [0.05, 0.1) is 25.3 Å². The summed E-state index contributed by atoms with van der Waals surface area (Å²) in [7, 11) is 0. The summed E-state index contributed by atoms with van der Waals surface area (Å²) < 4.78 is 11.1. The van der Waals surface area contributed by atoms with Crippen LogP contribution in [0.1, 0.15) is 52.9 Å². The lowest BCUT2D eigenvalue weighted by Crippen LogP contribution is -2.55. The van der Waals surface area contributed by atoms with Gasteiger partial charge >= 0.3 is 6.09 Å². The molecule has 3 heterocycles. The van der Waals surface area contributed by atoms with Crippen molar-refractivity contribution in [3.8, 4) is 0 Å². The molecule has 0 aliphatic carbocycles. The van der Waals surface area contributed by atoms with Crippen LogP contribution < -0.4 is 5.32 Å². The Labute approximate surface area is 152 Å². The highest BCUT2D eigenvalue weighted by Crippen LogP contribution is 2.24. The molecule has 0 radical (unpaired) electrons. The second kappa shape index (κ2) is 8.23. The van der Waals surface area contributed by atoms with Gasteiger partial charge in [-0.15, -0.1) is 0 Å². The molecule has 0 bridgehead atoms. The van der Waals surface area contributed by atoms with Gasteiger partial charge < -0.3 is 19.7 Å². The molecule has 3 aliphatic heterocycles. The average Bonchev–Trinajstić information content (AvgIpc) is 3.02. The van der Waals surface area contributed by atoms with Crippen molar-refractivity contribution in [2.75, 3.05) is 39.4 Å². The van der Waals surface area contributed by atoms with Gasteiger partial charge in [-0.25, -0.2) is 4.79 Å².